The van der Waals surface area contributed by atoms with Crippen molar-refractivity contribution in [3.8, 4) is 0 Å². The van der Waals surface area contributed by atoms with E-state index in [2.05, 4.69) is 20.8 Å². The van der Waals surface area contributed by atoms with Gasteiger partial charge in [0, 0.05) is 6.42 Å². The summed E-state index contributed by atoms with van der Waals surface area (Å²) in [7, 11) is -8.09. The summed E-state index contributed by atoms with van der Waals surface area (Å²) in [4.78, 5) is 19.1. The zero-order valence-corrected chi connectivity index (χ0v) is 11.3. The Morgan fingerprint density at radius 2 is 2.11 bits per heavy atom. The monoisotopic (exact) mass is 319 g/mol. The minimum Gasteiger partial charge on any atom is -0.481 e. The summed E-state index contributed by atoms with van der Waals surface area (Å²) in [6.45, 7) is 2.63. The van der Waals surface area contributed by atoms with Gasteiger partial charge in [0.2, 0.25) is 0 Å². The van der Waals surface area contributed by atoms with Crippen LogP contribution in [0.2, 0.25) is 0 Å². The fourth-order valence-corrected chi connectivity index (χ4v) is 2.41. The molecule has 3 atom stereocenters. The molecule has 0 rings (SSSR count). The number of hydrogen-bond acceptors (Lipinski definition) is 8. The molecule has 0 radical (unpaired) electrons. The second-order valence-electron chi connectivity index (χ2n) is 3.33. The van der Waals surface area contributed by atoms with Crippen molar-refractivity contribution in [1.29, 1.82) is 0 Å². The Morgan fingerprint density at radius 1 is 1.53 bits per heavy atom. The van der Waals surface area contributed by atoms with E-state index < -0.39 is 39.6 Å². The molecule has 19 heavy (non-hydrogen) atoms. The summed E-state index contributed by atoms with van der Waals surface area (Å²) >= 11 is 0. The van der Waals surface area contributed by atoms with Crippen LogP contribution in [0.15, 0.2) is 12.7 Å². The van der Waals surface area contributed by atoms with Crippen molar-refractivity contribution in [3.63, 3.8) is 0 Å². The highest BCUT2D eigenvalue weighted by Crippen LogP contribution is 2.68. The Labute approximate surface area is 108 Å². The molecule has 0 aromatic carbocycles. The van der Waals surface area contributed by atoms with Crippen LogP contribution < -0.4 is 0 Å². The van der Waals surface area contributed by atoms with E-state index in [1.807, 2.05) is 0 Å². The molecule has 110 valence electrons. The van der Waals surface area contributed by atoms with E-state index in [-0.39, 0.29) is 6.42 Å². The number of carbonyl (C=O) groups is 1. The summed E-state index contributed by atoms with van der Waals surface area (Å²) in [6.07, 6.45) is -0.130. The maximum Gasteiger partial charge on any atom is 0.635 e. The molecule has 3 unspecified atom stereocenters. The first kappa shape index (κ1) is 18.3. The van der Waals surface area contributed by atoms with Crippen LogP contribution in [0.1, 0.15) is 12.8 Å². The maximum atomic E-state index is 11.4. The van der Waals surface area contributed by atoms with E-state index in [0.29, 0.717) is 0 Å². The minimum absolute atomic E-state index is 0.384. The van der Waals surface area contributed by atoms with Gasteiger partial charge in [0.15, 0.2) is 0 Å². The van der Waals surface area contributed by atoms with E-state index in [0.717, 1.165) is 6.08 Å². The third-order valence-electron chi connectivity index (χ3n) is 1.96. The standard InChI is InChI=1S/C7H12O10P2/c1-2-7(10,5-6(8)9)3-4-15-19(14,17-16-11)18(12)13/h2,10H,1,3-5H2,(H2-,8,9,11,12,13)/p+1. The lowest BCUT2D eigenvalue weighted by Crippen LogP contribution is -2.30. The quantitative estimate of drug-likeness (QED) is 0.198. The van der Waals surface area contributed by atoms with E-state index in [1.165, 1.54) is 0 Å². The third kappa shape index (κ3) is 6.33. The van der Waals surface area contributed by atoms with Gasteiger partial charge in [-0.25, -0.2) is 9.82 Å². The molecule has 4 N–H and O–H groups in total. The van der Waals surface area contributed by atoms with E-state index in [4.69, 9.17) is 15.3 Å². The molecule has 0 bridgehead atoms. The Balaban J connectivity index is 4.55. The van der Waals surface area contributed by atoms with Gasteiger partial charge in [0.25, 0.3) is 0 Å². The summed E-state index contributed by atoms with van der Waals surface area (Å²) in [6, 6.07) is 0. The van der Waals surface area contributed by atoms with Crippen molar-refractivity contribution in [2.45, 2.75) is 18.4 Å². The molecule has 12 heteroatoms. The van der Waals surface area contributed by atoms with Crippen molar-refractivity contribution in [3.05, 3.63) is 12.7 Å². The van der Waals surface area contributed by atoms with Crippen LogP contribution in [0.5, 0.6) is 0 Å². The van der Waals surface area contributed by atoms with E-state index >= 15 is 0 Å². The molecule has 10 nitrogen and oxygen atoms in total. The average molecular weight is 319 g/mol. The van der Waals surface area contributed by atoms with Crippen LogP contribution in [0, 0.1) is 0 Å². The van der Waals surface area contributed by atoms with Gasteiger partial charge in [-0.2, -0.15) is 4.89 Å². The molecular weight excluding hydrogens is 306 g/mol. The summed E-state index contributed by atoms with van der Waals surface area (Å²) in [5.41, 5.74) is -1.85. The molecule has 0 fully saturated rings. The molecule has 0 saturated heterocycles. The minimum atomic E-state index is -4.62. The van der Waals surface area contributed by atoms with Crippen LogP contribution in [-0.2, 0) is 28.2 Å². The fourth-order valence-electron chi connectivity index (χ4n) is 1.00. The molecular formula is C7H13O10P2+. The normalized spacial score (nSPS) is 18.2. The Morgan fingerprint density at radius 3 is 2.47 bits per heavy atom. The first-order valence-electron chi connectivity index (χ1n) is 4.68. The third-order valence-corrected chi connectivity index (χ3v) is 4.95. The Bertz CT molecular complexity index is 395. The molecule has 0 aliphatic rings. The van der Waals surface area contributed by atoms with Gasteiger partial charge < -0.3 is 10.2 Å². The fraction of sp³-hybridized carbons (Fsp3) is 0.571. The van der Waals surface area contributed by atoms with Gasteiger partial charge in [-0.3, -0.25) is 9.32 Å². The number of carboxylic acids is 1. The molecule has 0 aromatic heterocycles. The highest BCUT2D eigenvalue weighted by molar-refractivity contribution is 8.20. The van der Waals surface area contributed by atoms with Crippen LogP contribution >= 0.6 is 15.0 Å². The number of carboxylic acid groups (broad SMARTS) is 1. The zero-order chi connectivity index (χ0) is 15.1. The van der Waals surface area contributed by atoms with E-state index in [1.54, 1.807) is 0 Å². The topological polar surface area (TPSA) is 160 Å². The summed E-state index contributed by atoms with van der Waals surface area (Å²) in [5.74, 6) is -1.31. The van der Waals surface area contributed by atoms with Gasteiger partial charge in [-0.15, -0.1) is 6.58 Å². The van der Waals surface area contributed by atoms with Crippen molar-refractivity contribution in [1.82, 2.24) is 0 Å². The smallest absolute Gasteiger partial charge is 0.481 e. The molecule has 0 aliphatic heterocycles. The van der Waals surface area contributed by atoms with Gasteiger partial charge in [0.05, 0.1) is 18.6 Å². The molecule has 0 amide bonds. The van der Waals surface area contributed by atoms with Crippen molar-refractivity contribution >= 4 is 21.0 Å². The SMILES string of the molecule is C=CC(O)(CCOP(=O)(OOO)[P+](=O)O)CC(=O)O. The maximum absolute atomic E-state index is 11.4. The van der Waals surface area contributed by atoms with Crippen molar-refractivity contribution < 1.29 is 48.5 Å². The lowest BCUT2D eigenvalue weighted by atomic mass is 9.96. The zero-order valence-electron chi connectivity index (χ0n) is 9.54. The second-order valence-corrected chi connectivity index (χ2v) is 7.68. The van der Waals surface area contributed by atoms with Crippen LogP contribution in [-0.4, -0.2) is 38.5 Å². The van der Waals surface area contributed by atoms with Gasteiger partial charge in [0.1, 0.15) is 0 Å². The largest absolute Gasteiger partial charge is 0.635 e. The number of aliphatic carboxylic acids is 1. The number of rotatable bonds is 10. The average Bonchev–Trinajstić information content (AvgIpc) is 2.28. The first-order chi connectivity index (χ1) is 8.69. The summed E-state index contributed by atoms with van der Waals surface area (Å²) in [5, 5.41) is 29.2. The highest BCUT2D eigenvalue weighted by Gasteiger charge is 2.51. The first-order valence-corrected chi connectivity index (χ1v) is 8.14. The van der Waals surface area contributed by atoms with Gasteiger partial charge in [-0.1, -0.05) is 15.8 Å². The second kappa shape index (κ2) is 7.78. The van der Waals surface area contributed by atoms with Gasteiger partial charge in [-0.05, 0) is 4.57 Å². The number of aliphatic hydroxyl groups is 1. The molecule has 0 saturated carbocycles. The molecule has 0 heterocycles. The molecule has 0 aliphatic carbocycles. The Kier molecular flexibility index (Phi) is 7.50. The van der Waals surface area contributed by atoms with Crippen molar-refractivity contribution in [2.24, 2.45) is 0 Å². The Hall–Kier alpha value is -0.700. The van der Waals surface area contributed by atoms with Crippen LogP contribution in [0.4, 0.5) is 0 Å². The predicted octanol–water partition coefficient (Wildman–Crippen LogP) is 1.05. The number of hydrogen-bond donors (Lipinski definition) is 4. The lowest BCUT2D eigenvalue weighted by Gasteiger charge is -2.21. The molecule has 0 spiro atoms. The van der Waals surface area contributed by atoms with Crippen LogP contribution in [0.3, 0.4) is 0 Å². The highest BCUT2D eigenvalue weighted by atomic mass is 32.1. The molecule has 0 aromatic rings. The predicted molar refractivity (Wildman–Crippen MR) is 60.2 cm³/mol. The van der Waals surface area contributed by atoms with Gasteiger partial charge >= 0.3 is 21.0 Å². The van der Waals surface area contributed by atoms with E-state index in [9.17, 15) is 19.0 Å². The lowest BCUT2D eigenvalue weighted by molar-refractivity contribution is -0.441. The van der Waals surface area contributed by atoms with Crippen molar-refractivity contribution in [2.75, 3.05) is 6.61 Å². The summed E-state index contributed by atoms with van der Waals surface area (Å²) < 4.78 is 30.2. The van der Waals surface area contributed by atoms with Crippen LogP contribution in [0.25, 0.3) is 0 Å².